The molecule has 5 heteroatoms. The maximum absolute atomic E-state index is 10.7. The van der Waals surface area contributed by atoms with Gasteiger partial charge >= 0.3 is 5.97 Å². The van der Waals surface area contributed by atoms with Crippen molar-refractivity contribution in [1.82, 2.24) is 9.96 Å². The molecule has 0 bridgehead atoms. The van der Waals surface area contributed by atoms with E-state index in [0.717, 1.165) is 19.6 Å². The van der Waals surface area contributed by atoms with Crippen LogP contribution in [0.4, 0.5) is 0 Å². The number of hydrogen-bond acceptors (Lipinski definition) is 4. The summed E-state index contributed by atoms with van der Waals surface area (Å²) < 4.78 is 0. The summed E-state index contributed by atoms with van der Waals surface area (Å²) in [4.78, 5) is 18.3. The number of carbonyl (C=O) groups is 1. The van der Waals surface area contributed by atoms with Gasteiger partial charge in [-0.3, -0.25) is 9.69 Å². The second-order valence-electron chi connectivity index (χ2n) is 4.68. The normalized spacial score (nSPS) is 21.4. The van der Waals surface area contributed by atoms with Gasteiger partial charge in [0.15, 0.2) is 0 Å². The molecule has 1 aromatic carbocycles. The molecule has 0 spiro atoms. The minimum Gasteiger partial charge on any atom is -0.481 e. The van der Waals surface area contributed by atoms with Crippen molar-refractivity contribution in [2.24, 2.45) is 0 Å². The number of nitrogens with zero attached hydrogens (tertiary/aromatic N) is 2. The maximum atomic E-state index is 10.7. The molecule has 1 aromatic rings. The Morgan fingerprint density at radius 1 is 1.37 bits per heavy atom. The molecule has 1 aliphatic heterocycles. The van der Waals surface area contributed by atoms with E-state index < -0.39 is 5.97 Å². The molecule has 1 saturated heterocycles. The molecule has 0 amide bonds. The Balaban J connectivity index is 2.09. The summed E-state index contributed by atoms with van der Waals surface area (Å²) in [5, 5.41) is 10.8. The zero-order chi connectivity index (χ0) is 13.7. The van der Waals surface area contributed by atoms with Gasteiger partial charge in [0.25, 0.3) is 0 Å². The number of benzene rings is 1. The molecule has 19 heavy (non-hydrogen) atoms. The quantitative estimate of drug-likeness (QED) is 0.870. The van der Waals surface area contributed by atoms with Crippen LogP contribution in [0.25, 0.3) is 0 Å². The monoisotopic (exact) mass is 264 g/mol. The molecule has 1 aliphatic rings. The van der Waals surface area contributed by atoms with Crippen LogP contribution in [0, 0.1) is 0 Å². The Bertz CT molecular complexity index is 410. The smallest absolute Gasteiger partial charge is 0.304 e. The number of hydroxylamine groups is 2. The van der Waals surface area contributed by atoms with Crippen molar-refractivity contribution in [3.8, 4) is 0 Å². The summed E-state index contributed by atoms with van der Waals surface area (Å²) in [5.74, 6) is -0.749. The van der Waals surface area contributed by atoms with E-state index in [4.69, 9.17) is 9.94 Å². The maximum Gasteiger partial charge on any atom is 0.304 e. The summed E-state index contributed by atoms with van der Waals surface area (Å²) in [7, 11) is 1.68. The van der Waals surface area contributed by atoms with Crippen LogP contribution in [0.1, 0.15) is 18.0 Å². The minimum atomic E-state index is -0.749. The molecule has 104 valence electrons. The van der Waals surface area contributed by atoms with Crippen molar-refractivity contribution < 1.29 is 14.7 Å². The third-order valence-corrected chi connectivity index (χ3v) is 3.51. The molecular formula is C14H20N2O3. The Labute approximate surface area is 113 Å². The molecule has 2 rings (SSSR count). The molecule has 0 aromatic heterocycles. The second-order valence-corrected chi connectivity index (χ2v) is 4.68. The number of rotatable bonds is 5. The molecule has 0 radical (unpaired) electrons. The first-order valence-corrected chi connectivity index (χ1v) is 6.50. The van der Waals surface area contributed by atoms with Crippen molar-refractivity contribution >= 4 is 5.97 Å². The first kappa shape index (κ1) is 14.0. The van der Waals surface area contributed by atoms with Crippen LogP contribution in [-0.4, -0.2) is 54.3 Å². The third-order valence-electron chi connectivity index (χ3n) is 3.51. The summed E-state index contributed by atoms with van der Waals surface area (Å²) in [6.07, 6.45) is 0.177. The highest BCUT2D eigenvalue weighted by Gasteiger charge is 2.28. The fraction of sp³-hybridized carbons (Fsp3) is 0.500. The van der Waals surface area contributed by atoms with Gasteiger partial charge in [0.1, 0.15) is 0 Å². The third kappa shape index (κ3) is 3.76. The lowest BCUT2D eigenvalue weighted by molar-refractivity contribution is -0.166. The summed E-state index contributed by atoms with van der Waals surface area (Å²) in [6, 6.07) is 10.4. The molecular weight excluding hydrogens is 244 g/mol. The van der Waals surface area contributed by atoms with Gasteiger partial charge in [-0.05, 0) is 5.56 Å². The van der Waals surface area contributed by atoms with Crippen molar-refractivity contribution in [2.45, 2.75) is 12.5 Å². The molecule has 1 unspecified atom stereocenters. The number of piperazine rings is 1. The fourth-order valence-electron chi connectivity index (χ4n) is 2.46. The highest BCUT2D eigenvalue weighted by atomic mass is 16.7. The van der Waals surface area contributed by atoms with E-state index >= 15 is 0 Å². The summed E-state index contributed by atoms with van der Waals surface area (Å²) in [5.41, 5.74) is 1.20. The van der Waals surface area contributed by atoms with E-state index in [9.17, 15) is 4.79 Å². The first-order valence-electron chi connectivity index (χ1n) is 6.50. The molecule has 0 aliphatic carbocycles. The zero-order valence-electron chi connectivity index (χ0n) is 11.2. The fourth-order valence-corrected chi connectivity index (χ4v) is 2.46. The van der Waals surface area contributed by atoms with Crippen molar-refractivity contribution in [1.29, 1.82) is 0 Å². The topological polar surface area (TPSA) is 53.0 Å². The Morgan fingerprint density at radius 3 is 2.74 bits per heavy atom. The summed E-state index contributed by atoms with van der Waals surface area (Å²) >= 11 is 0. The first-order chi connectivity index (χ1) is 9.20. The largest absolute Gasteiger partial charge is 0.481 e. The van der Waals surface area contributed by atoms with Gasteiger partial charge in [0.2, 0.25) is 0 Å². The standard InChI is InChI=1S/C14H20N2O3/c1-19-16-10-9-15(8-7-14(17)18)13(11-16)12-5-3-2-4-6-12/h2-6,13H,7-11H2,1H3,(H,17,18). The zero-order valence-corrected chi connectivity index (χ0v) is 11.2. The average molecular weight is 264 g/mol. The highest BCUT2D eigenvalue weighted by molar-refractivity contribution is 5.66. The van der Waals surface area contributed by atoms with Crippen LogP contribution >= 0.6 is 0 Å². The highest BCUT2D eigenvalue weighted by Crippen LogP contribution is 2.25. The predicted octanol–water partition coefficient (Wildman–Crippen LogP) is 1.38. The van der Waals surface area contributed by atoms with Gasteiger partial charge in [-0.15, -0.1) is 0 Å². The Kier molecular flexibility index (Phi) is 4.90. The van der Waals surface area contributed by atoms with E-state index in [1.54, 1.807) is 7.11 Å². The molecule has 1 fully saturated rings. The van der Waals surface area contributed by atoms with Gasteiger partial charge in [-0.2, -0.15) is 5.06 Å². The molecule has 5 nitrogen and oxygen atoms in total. The molecule has 1 heterocycles. The van der Waals surface area contributed by atoms with E-state index in [1.165, 1.54) is 5.56 Å². The predicted molar refractivity (Wildman–Crippen MR) is 71.6 cm³/mol. The van der Waals surface area contributed by atoms with Crippen LogP contribution in [0.3, 0.4) is 0 Å². The van der Waals surface area contributed by atoms with Crippen molar-refractivity contribution in [3.63, 3.8) is 0 Å². The molecule has 1 N–H and O–H groups in total. The van der Waals surface area contributed by atoms with Gasteiger partial charge in [0.05, 0.1) is 13.5 Å². The van der Waals surface area contributed by atoms with Gasteiger partial charge in [0, 0.05) is 32.2 Å². The van der Waals surface area contributed by atoms with Gasteiger partial charge in [-0.1, -0.05) is 30.3 Å². The van der Waals surface area contributed by atoms with Crippen molar-refractivity contribution in [2.75, 3.05) is 33.3 Å². The Morgan fingerprint density at radius 2 is 2.11 bits per heavy atom. The van der Waals surface area contributed by atoms with Crippen LogP contribution in [-0.2, 0) is 9.63 Å². The van der Waals surface area contributed by atoms with E-state index in [2.05, 4.69) is 17.0 Å². The second kappa shape index (κ2) is 6.65. The lowest BCUT2D eigenvalue weighted by Crippen LogP contribution is -2.48. The molecule has 1 atom stereocenters. The Hall–Kier alpha value is -1.43. The van der Waals surface area contributed by atoms with E-state index in [-0.39, 0.29) is 12.5 Å². The van der Waals surface area contributed by atoms with Crippen molar-refractivity contribution in [3.05, 3.63) is 35.9 Å². The summed E-state index contributed by atoms with van der Waals surface area (Å²) in [6.45, 7) is 2.96. The lowest BCUT2D eigenvalue weighted by atomic mass is 10.0. The van der Waals surface area contributed by atoms with Crippen LogP contribution in [0.5, 0.6) is 0 Å². The van der Waals surface area contributed by atoms with Crippen LogP contribution in [0.15, 0.2) is 30.3 Å². The number of carboxylic acids is 1. The SMILES string of the molecule is CON1CCN(CCC(=O)O)C(c2ccccc2)C1. The van der Waals surface area contributed by atoms with Gasteiger partial charge < -0.3 is 9.94 Å². The average Bonchev–Trinajstić information content (AvgIpc) is 2.46. The van der Waals surface area contributed by atoms with Crippen LogP contribution < -0.4 is 0 Å². The number of hydrogen-bond donors (Lipinski definition) is 1. The van der Waals surface area contributed by atoms with E-state index in [0.29, 0.717) is 6.54 Å². The molecule has 0 saturated carbocycles. The lowest BCUT2D eigenvalue weighted by Gasteiger charge is -2.40. The van der Waals surface area contributed by atoms with Gasteiger partial charge in [-0.25, -0.2) is 0 Å². The van der Waals surface area contributed by atoms with E-state index in [1.807, 2.05) is 23.3 Å². The van der Waals surface area contributed by atoms with Crippen LogP contribution in [0.2, 0.25) is 0 Å². The number of aliphatic carboxylic acids is 1. The minimum absolute atomic E-state index is 0.177. The number of carboxylic acid groups (broad SMARTS) is 1.